The maximum Gasteiger partial charge on any atom is 0.296 e. The van der Waals surface area contributed by atoms with Crippen LogP contribution in [0, 0.1) is 0 Å². The Morgan fingerprint density at radius 2 is 2.20 bits per heavy atom. The molecular weight excluding hydrogens is 217 g/mol. The summed E-state index contributed by atoms with van der Waals surface area (Å²) in [6.07, 6.45) is 1.09. The van der Waals surface area contributed by atoms with Crippen molar-refractivity contribution in [2.24, 2.45) is 0 Å². The Labute approximate surface area is 74.0 Å². The summed E-state index contributed by atoms with van der Waals surface area (Å²) in [5, 5.41) is 0. The highest BCUT2D eigenvalue weighted by Gasteiger charge is 2.18. The summed E-state index contributed by atoms with van der Waals surface area (Å²) >= 11 is 15.7. The van der Waals surface area contributed by atoms with Gasteiger partial charge in [-0.3, -0.25) is 4.57 Å². The number of rotatable bonds is 3. The molecule has 0 atom stereocenters. The van der Waals surface area contributed by atoms with Gasteiger partial charge >= 0.3 is 0 Å². The van der Waals surface area contributed by atoms with Gasteiger partial charge < -0.3 is 4.74 Å². The van der Waals surface area contributed by atoms with Gasteiger partial charge in [-0.05, 0) is 29.4 Å². The minimum atomic E-state index is -3.34. The normalized spacial score (nSPS) is 13.4. The van der Waals surface area contributed by atoms with Crippen LogP contribution in [-0.2, 0) is 9.30 Å². The highest BCUT2D eigenvalue weighted by molar-refractivity contribution is 8.12. The largest absolute Gasteiger partial charge is 0.500 e. The zero-order valence-electron chi connectivity index (χ0n) is 5.18. The van der Waals surface area contributed by atoms with Gasteiger partial charge in [-0.25, -0.2) is 0 Å². The molecule has 0 N–H and O–H groups in total. The van der Waals surface area contributed by atoms with E-state index >= 15 is 0 Å². The van der Waals surface area contributed by atoms with Crippen molar-refractivity contribution in [3.05, 3.63) is 11.0 Å². The molecule has 0 heterocycles. The predicted molar refractivity (Wildman–Crippen MR) is 44.9 cm³/mol. The average Bonchev–Trinajstić information content (AvgIpc) is 1.80. The highest BCUT2D eigenvalue weighted by Crippen LogP contribution is 2.65. The van der Waals surface area contributed by atoms with Gasteiger partial charge in [0.2, 0.25) is 0 Å². The van der Waals surface area contributed by atoms with Crippen LogP contribution in [0.15, 0.2) is 11.0 Å². The van der Waals surface area contributed by atoms with Gasteiger partial charge in [-0.2, -0.15) is 0 Å². The van der Waals surface area contributed by atoms with Crippen LogP contribution in [0.4, 0.5) is 0 Å². The minimum absolute atomic E-state index is 0.155. The fourth-order valence-corrected chi connectivity index (χ4v) is 0.713. The summed E-state index contributed by atoms with van der Waals surface area (Å²) in [7, 11) is 0. The van der Waals surface area contributed by atoms with Crippen LogP contribution in [-0.4, -0.2) is 6.61 Å². The first-order valence-corrected chi connectivity index (χ1v) is 6.35. The lowest BCUT2D eigenvalue weighted by molar-refractivity contribution is 0.269. The van der Waals surface area contributed by atoms with E-state index < -0.39 is 5.85 Å². The molecule has 2 nitrogen and oxygen atoms in total. The molecule has 0 unspecified atom stereocenters. The Bertz CT molecular complexity index is 173. The molecule has 0 aliphatic carbocycles. The number of halogens is 3. The molecule has 60 valence electrons. The van der Waals surface area contributed by atoms with Crippen molar-refractivity contribution in [3.63, 3.8) is 0 Å². The summed E-state index contributed by atoms with van der Waals surface area (Å²) in [5.74, 6) is -3.34. The molecule has 10 heavy (non-hydrogen) atoms. The third-order valence-electron chi connectivity index (χ3n) is 0.596. The fraction of sp³-hybridized carbons (Fsp3) is 0.500. The molecule has 0 aromatic carbocycles. The monoisotopic (exact) mass is 222 g/mol. The van der Waals surface area contributed by atoms with E-state index in [2.05, 4.69) is 4.74 Å². The first-order valence-electron chi connectivity index (χ1n) is 2.45. The number of hydrogen-bond acceptors (Lipinski definition) is 2. The zero-order valence-corrected chi connectivity index (χ0v) is 8.34. The summed E-state index contributed by atoms with van der Waals surface area (Å²) in [6.45, 7) is 2.19. The summed E-state index contributed by atoms with van der Waals surface area (Å²) in [4.78, 5) is 0. The van der Waals surface area contributed by atoms with Crippen LogP contribution in [0.2, 0.25) is 0 Å². The molecule has 0 fully saturated rings. The van der Waals surface area contributed by atoms with Crippen LogP contribution in [0.3, 0.4) is 0 Å². The molecular formula is C4H6Cl3O2P. The Morgan fingerprint density at radius 3 is 2.50 bits per heavy atom. The number of ether oxygens (including phenoxy) is 1. The second-order valence-electron chi connectivity index (χ2n) is 1.36. The standard InChI is InChI=1S/C4H6Cl3O2P/c1-2-9-3-4(5)10(6,7)8/h3H,2H2,1H3/b4-3-. The van der Waals surface area contributed by atoms with E-state index in [1.165, 1.54) is 0 Å². The molecule has 0 radical (unpaired) electrons. The Hall–Kier alpha value is 0.640. The maximum absolute atomic E-state index is 10.7. The van der Waals surface area contributed by atoms with E-state index in [1.807, 2.05) is 0 Å². The van der Waals surface area contributed by atoms with Crippen molar-refractivity contribution in [3.8, 4) is 0 Å². The van der Waals surface area contributed by atoms with Gasteiger partial charge in [-0.1, -0.05) is 11.6 Å². The molecule has 0 saturated carbocycles. The Balaban J connectivity index is 4.07. The summed E-state index contributed by atoms with van der Waals surface area (Å²) < 4.78 is 15.2. The Morgan fingerprint density at radius 1 is 1.70 bits per heavy atom. The lowest BCUT2D eigenvalue weighted by atomic mass is 10.9. The van der Waals surface area contributed by atoms with Crippen molar-refractivity contribution in [1.82, 2.24) is 0 Å². The van der Waals surface area contributed by atoms with E-state index in [0.717, 1.165) is 6.26 Å². The molecule has 0 aliphatic rings. The molecule has 0 saturated heterocycles. The van der Waals surface area contributed by atoms with Gasteiger partial charge in [0, 0.05) is 0 Å². The molecule has 0 spiro atoms. The van der Waals surface area contributed by atoms with Gasteiger partial charge in [0.15, 0.2) is 0 Å². The van der Waals surface area contributed by atoms with Crippen molar-refractivity contribution in [2.75, 3.05) is 6.61 Å². The van der Waals surface area contributed by atoms with E-state index in [9.17, 15) is 4.57 Å². The fourth-order valence-electron chi connectivity index (χ4n) is 0.213. The second kappa shape index (κ2) is 4.50. The van der Waals surface area contributed by atoms with E-state index in [1.54, 1.807) is 6.92 Å². The topological polar surface area (TPSA) is 26.3 Å². The molecule has 0 bridgehead atoms. The van der Waals surface area contributed by atoms with Gasteiger partial charge in [0.05, 0.1) is 6.61 Å². The lowest BCUT2D eigenvalue weighted by Crippen LogP contribution is -1.77. The van der Waals surface area contributed by atoms with Crippen molar-refractivity contribution in [2.45, 2.75) is 6.92 Å². The Kier molecular flexibility index (Phi) is 4.79. The van der Waals surface area contributed by atoms with E-state index in [-0.39, 0.29) is 4.77 Å². The third kappa shape index (κ3) is 4.45. The van der Waals surface area contributed by atoms with Gasteiger partial charge in [0.25, 0.3) is 5.85 Å². The van der Waals surface area contributed by atoms with Crippen molar-refractivity contribution < 1.29 is 9.30 Å². The molecule has 0 aromatic heterocycles. The number of hydrogen-bond donors (Lipinski definition) is 0. The maximum atomic E-state index is 10.7. The van der Waals surface area contributed by atoms with Crippen LogP contribution in [0.1, 0.15) is 6.92 Å². The molecule has 0 aromatic rings. The first kappa shape index (κ1) is 10.6. The highest BCUT2D eigenvalue weighted by atomic mass is 35.9. The van der Waals surface area contributed by atoms with Gasteiger partial charge in [0.1, 0.15) is 11.0 Å². The SMILES string of the molecule is CCO/C=C(/Cl)P(=O)(Cl)Cl. The quantitative estimate of drug-likeness (QED) is 0.538. The van der Waals surface area contributed by atoms with E-state index in [0.29, 0.717) is 6.61 Å². The van der Waals surface area contributed by atoms with Gasteiger partial charge in [-0.15, -0.1) is 0 Å². The smallest absolute Gasteiger partial charge is 0.296 e. The van der Waals surface area contributed by atoms with Crippen LogP contribution < -0.4 is 0 Å². The summed E-state index contributed by atoms with van der Waals surface area (Å²) in [6, 6.07) is 0. The van der Waals surface area contributed by atoms with Crippen LogP contribution in [0.5, 0.6) is 0 Å². The third-order valence-corrected chi connectivity index (χ3v) is 3.61. The van der Waals surface area contributed by atoms with Crippen LogP contribution >= 0.6 is 39.9 Å². The molecule has 0 amide bonds. The second-order valence-corrected chi connectivity index (χ2v) is 6.81. The first-order chi connectivity index (χ1) is 4.48. The van der Waals surface area contributed by atoms with Crippen molar-refractivity contribution >= 4 is 39.9 Å². The van der Waals surface area contributed by atoms with Crippen molar-refractivity contribution in [1.29, 1.82) is 0 Å². The average molecular weight is 223 g/mol. The molecule has 0 aliphatic heterocycles. The lowest BCUT2D eigenvalue weighted by Gasteiger charge is -1.98. The summed E-state index contributed by atoms with van der Waals surface area (Å²) in [5.41, 5.74) is 0. The zero-order chi connectivity index (χ0) is 8.20. The predicted octanol–water partition coefficient (Wildman–Crippen LogP) is 3.73. The molecule has 0 rings (SSSR count). The molecule has 6 heteroatoms. The van der Waals surface area contributed by atoms with E-state index in [4.69, 9.17) is 34.1 Å². The van der Waals surface area contributed by atoms with Crippen LogP contribution in [0.25, 0.3) is 0 Å². The minimum Gasteiger partial charge on any atom is -0.500 e.